The Bertz CT molecular complexity index is 1010. The molecule has 0 saturated carbocycles. The Hall–Kier alpha value is -2.59. The van der Waals surface area contributed by atoms with Crippen LogP contribution >= 0.6 is 8.53 Å². The minimum absolute atomic E-state index is 0.0286. The maximum absolute atomic E-state index is 13.7. The first-order chi connectivity index (χ1) is 16.2. The zero-order valence-corrected chi connectivity index (χ0v) is 20.2. The van der Waals surface area contributed by atoms with Gasteiger partial charge in [0.2, 0.25) is 0 Å². The van der Waals surface area contributed by atoms with Crippen molar-refractivity contribution in [1.82, 2.24) is 14.6 Å². The van der Waals surface area contributed by atoms with Crippen molar-refractivity contribution < 1.29 is 27.7 Å². The molecular weight excluding hydrogens is 466 g/mol. The third-order valence-corrected chi connectivity index (χ3v) is 6.31. The first-order valence-corrected chi connectivity index (χ1v) is 12.1. The molecule has 2 aromatic rings. The molecular formula is C22H30FN4O6P. The number of hydrogen-bond acceptors (Lipinski definition) is 9. The Balaban J connectivity index is 1.67. The number of nitrogen functional groups attached to an aromatic ring is 1. The second-order valence-corrected chi connectivity index (χ2v) is 9.55. The molecule has 3 rings (SSSR count). The lowest BCUT2D eigenvalue weighted by atomic mass is 10.0. The highest BCUT2D eigenvalue weighted by atomic mass is 31.2. The largest absolute Gasteiger partial charge is 0.458 e. The summed E-state index contributed by atoms with van der Waals surface area (Å²) in [6.07, 6.45) is 0.512. The molecule has 0 spiro atoms. The highest BCUT2D eigenvalue weighted by molar-refractivity contribution is 7.45. The standard InChI is InChI=1S/C22H30FN4O6P/c1-4-15(31-19(13-23)27-11-10-18(24)25-21(27)29)14-30-34(33-16-8-6-5-7-9-16)26-17-12-22(2,3)32-20(17)28/h5-11,15,17,19,26H,4,12-14H2,1-3H3,(H2,24,25,29). The first kappa shape index (κ1) is 26.0. The fraction of sp³-hybridized carbons (Fsp3) is 0.500. The van der Waals surface area contributed by atoms with Crippen LogP contribution in [-0.4, -0.2) is 46.5 Å². The van der Waals surface area contributed by atoms with Crippen molar-refractivity contribution in [2.75, 3.05) is 19.0 Å². The molecule has 186 valence electrons. The Morgan fingerprint density at radius 2 is 2.06 bits per heavy atom. The number of carbonyl (C=O) groups is 1. The number of nitrogens with zero attached hydrogens (tertiary/aromatic N) is 2. The number of alkyl halides is 1. The quantitative estimate of drug-likeness (QED) is 0.337. The average Bonchev–Trinajstić information content (AvgIpc) is 3.06. The van der Waals surface area contributed by atoms with E-state index in [4.69, 9.17) is 24.3 Å². The summed E-state index contributed by atoms with van der Waals surface area (Å²) < 4.78 is 37.9. The lowest BCUT2D eigenvalue weighted by Crippen LogP contribution is -2.34. The lowest BCUT2D eigenvalue weighted by molar-refractivity contribution is -0.147. The number of hydrogen-bond donors (Lipinski definition) is 2. The number of nitrogens with two attached hydrogens (primary N) is 1. The van der Waals surface area contributed by atoms with Crippen LogP contribution in [0, 0.1) is 0 Å². The van der Waals surface area contributed by atoms with Crippen molar-refractivity contribution in [3.63, 3.8) is 0 Å². The van der Waals surface area contributed by atoms with Crippen LogP contribution in [0.5, 0.6) is 5.75 Å². The highest BCUT2D eigenvalue weighted by Gasteiger charge is 2.42. The van der Waals surface area contributed by atoms with Gasteiger partial charge in [0, 0.05) is 12.6 Å². The average molecular weight is 496 g/mol. The van der Waals surface area contributed by atoms with Gasteiger partial charge in [-0.2, -0.15) is 4.98 Å². The number of rotatable bonds is 12. The van der Waals surface area contributed by atoms with Gasteiger partial charge in [-0.3, -0.25) is 9.36 Å². The molecule has 1 aromatic carbocycles. The second kappa shape index (κ2) is 11.7. The Morgan fingerprint density at radius 3 is 2.65 bits per heavy atom. The Kier molecular flexibility index (Phi) is 8.96. The van der Waals surface area contributed by atoms with Crippen LogP contribution in [0.2, 0.25) is 0 Å². The van der Waals surface area contributed by atoms with E-state index in [2.05, 4.69) is 10.1 Å². The van der Waals surface area contributed by atoms with Gasteiger partial charge < -0.3 is 24.3 Å². The van der Waals surface area contributed by atoms with Gasteiger partial charge in [0.25, 0.3) is 0 Å². The van der Waals surface area contributed by atoms with Gasteiger partial charge >= 0.3 is 20.2 Å². The van der Waals surface area contributed by atoms with Gasteiger partial charge in [-0.1, -0.05) is 25.1 Å². The molecule has 1 aromatic heterocycles. The van der Waals surface area contributed by atoms with Crippen molar-refractivity contribution in [3.05, 3.63) is 53.1 Å². The summed E-state index contributed by atoms with van der Waals surface area (Å²) in [5, 5.41) is 3.10. The van der Waals surface area contributed by atoms with E-state index >= 15 is 0 Å². The fourth-order valence-electron chi connectivity index (χ4n) is 3.30. The number of benzene rings is 1. The number of halogens is 1. The van der Waals surface area contributed by atoms with Crippen LogP contribution in [0.1, 0.15) is 39.8 Å². The smallest absolute Gasteiger partial charge is 0.351 e. The predicted octanol–water partition coefficient (Wildman–Crippen LogP) is 3.10. The van der Waals surface area contributed by atoms with E-state index in [1.54, 1.807) is 12.1 Å². The SMILES string of the molecule is CCC(COP(NC1CC(C)(C)OC1=O)Oc1ccccc1)OC(CF)n1ccc(N)nc1=O. The number of aromatic nitrogens is 2. The molecule has 4 unspecified atom stereocenters. The minimum Gasteiger partial charge on any atom is -0.458 e. The van der Waals surface area contributed by atoms with Crippen LogP contribution in [0.3, 0.4) is 0 Å². The van der Waals surface area contributed by atoms with Crippen LogP contribution in [0.25, 0.3) is 0 Å². The van der Waals surface area contributed by atoms with Crippen molar-refractivity contribution in [2.24, 2.45) is 0 Å². The number of carbonyl (C=O) groups excluding carboxylic acids is 1. The molecule has 1 aliphatic rings. The number of ether oxygens (including phenoxy) is 2. The maximum Gasteiger partial charge on any atom is 0.351 e. The van der Waals surface area contributed by atoms with Crippen molar-refractivity contribution in [2.45, 2.75) is 57.6 Å². The number of nitrogens with one attached hydrogen (secondary N) is 1. The molecule has 0 radical (unpaired) electrons. The molecule has 1 saturated heterocycles. The molecule has 0 amide bonds. The lowest BCUT2D eigenvalue weighted by Gasteiger charge is -2.26. The van der Waals surface area contributed by atoms with E-state index in [0.717, 1.165) is 4.57 Å². The third kappa shape index (κ3) is 7.20. The normalized spacial score (nSPS) is 19.9. The summed E-state index contributed by atoms with van der Waals surface area (Å²) in [6.45, 7) is 4.59. The van der Waals surface area contributed by atoms with Gasteiger partial charge in [-0.05, 0) is 38.5 Å². The van der Waals surface area contributed by atoms with Crippen molar-refractivity contribution in [1.29, 1.82) is 0 Å². The number of cyclic esters (lactones) is 1. The third-order valence-electron chi connectivity index (χ3n) is 5.03. The van der Waals surface area contributed by atoms with E-state index < -0.39 is 44.9 Å². The summed E-state index contributed by atoms with van der Waals surface area (Å²) >= 11 is 0. The zero-order chi connectivity index (χ0) is 24.7. The molecule has 2 heterocycles. The van der Waals surface area contributed by atoms with E-state index in [1.165, 1.54) is 12.3 Å². The minimum atomic E-state index is -1.77. The van der Waals surface area contributed by atoms with Crippen LogP contribution < -0.4 is 21.0 Å². The second-order valence-electron chi connectivity index (χ2n) is 8.34. The molecule has 1 aliphatic heterocycles. The van der Waals surface area contributed by atoms with Crippen LogP contribution in [-0.2, 0) is 18.8 Å². The van der Waals surface area contributed by atoms with Gasteiger partial charge in [-0.25, -0.2) is 14.3 Å². The number of esters is 1. The molecule has 0 aliphatic carbocycles. The molecule has 1 fully saturated rings. The molecule has 3 N–H and O–H groups in total. The summed E-state index contributed by atoms with van der Waals surface area (Å²) in [4.78, 5) is 28.0. The number of anilines is 1. The van der Waals surface area contributed by atoms with E-state index in [0.29, 0.717) is 18.6 Å². The molecule has 12 heteroatoms. The van der Waals surface area contributed by atoms with Gasteiger partial charge in [-0.15, -0.1) is 0 Å². The molecule has 0 bridgehead atoms. The fourth-order valence-corrected chi connectivity index (χ4v) is 4.55. The van der Waals surface area contributed by atoms with Gasteiger partial charge in [0.15, 0.2) is 6.23 Å². The van der Waals surface area contributed by atoms with E-state index in [9.17, 15) is 14.0 Å². The Labute approximate surface area is 198 Å². The van der Waals surface area contributed by atoms with Gasteiger partial charge in [0.05, 0.1) is 12.7 Å². The Morgan fingerprint density at radius 1 is 1.32 bits per heavy atom. The molecule has 4 atom stereocenters. The predicted molar refractivity (Wildman–Crippen MR) is 125 cm³/mol. The summed E-state index contributed by atoms with van der Waals surface area (Å²) in [7, 11) is -1.77. The summed E-state index contributed by atoms with van der Waals surface area (Å²) in [5.74, 6) is 0.216. The van der Waals surface area contributed by atoms with Crippen LogP contribution in [0.4, 0.5) is 10.2 Å². The topological polar surface area (TPSA) is 127 Å². The van der Waals surface area contributed by atoms with Crippen molar-refractivity contribution in [3.8, 4) is 5.75 Å². The summed E-state index contributed by atoms with van der Waals surface area (Å²) in [5.41, 5.74) is 4.20. The van der Waals surface area contributed by atoms with E-state index in [1.807, 2.05) is 39.0 Å². The van der Waals surface area contributed by atoms with Gasteiger partial charge in [0.1, 0.15) is 29.9 Å². The highest BCUT2D eigenvalue weighted by Crippen LogP contribution is 2.39. The number of para-hydroxylation sites is 1. The zero-order valence-electron chi connectivity index (χ0n) is 19.3. The van der Waals surface area contributed by atoms with E-state index in [-0.39, 0.29) is 18.4 Å². The monoisotopic (exact) mass is 496 g/mol. The van der Waals surface area contributed by atoms with Crippen LogP contribution in [0.15, 0.2) is 47.4 Å². The molecule has 10 nitrogen and oxygen atoms in total. The summed E-state index contributed by atoms with van der Waals surface area (Å²) in [6, 6.07) is 9.82. The van der Waals surface area contributed by atoms with Crippen molar-refractivity contribution >= 4 is 20.3 Å². The molecule has 34 heavy (non-hydrogen) atoms. The maximum atomic E-state index is 13.7. The first-order valence-electron chi connectivity index (χ1n) is 10.9.